The Hall–Kier alpha value is -0.280. The molecule has 1 aliphatic heterocycles. The van der Waals surface area contributed by atoms with E-state index in [2.05, 4.69) is 27.3 Å². The molecule has 0 aliphatic carbocycles. The van der Waals surface area contributed by atoms with Crippen molar-refractivity contribution in [2.45, 2.75) is 12.1 Å². The van der Waals surface area contributed by atoms with Crippen molar-refractivity contribution in [1.82, 2.24) is 4.90 Å². The fraction of sp³-hybridized carbons (Fsp3) is 0.857. The predicted molar refractivity (Wildman–Crippen MR) is 47.1 cm³/mol. The lowest BCUT2D eigenvalue weighted by molar-refractivity contribution is 0.170. The lowest BCUT2D eigenvalue weighted by atomic mass is 10.2. The smallest absolute Gasteiger partial charge is 0.101 e. The van der Waals surface area contributed by atoms with Crippen LogP contribution in [0.5, 0.6) is 0 Å². The van der Waals surface area contributed by atoms with Gasteiger partial charge in [0.2, 0.25) is 0 Å². The molecule has 62 valence electrons. The lowest BCUT2D eigenvalue weighted by Gasteiger charge is -2.20. The van der Waals surface area contributed by atoms with Gasteiger partial charge in [-0.1, -0.05) is 0 Å². The fourth-order valence-electron chi connectivity index (χ4n) is 1.22. The third-order valence-electron chi connectivity index (χ3n) is 1.90. The minimum atomic E-state index is 0.183. The molecule has 0 N–H and O–H groups in total. The summed E-state index contributed by atoms with van der Waals surface area (Å²) in [5.74, 6) is 0. The van der Waals surface area contributed by atoms with E-state index in [1.165, 1.54) is 0 Å². The summed E-state index contributed by atoms with van der Waals surface area (Å²) in [4.78, 5) is 6.13. The van der Waals surface area contributed by atoms with Crippen LogP contribution in [0.1, 0.15) is 0 Å². The first-order chi connectivity index (χ1) is 5.25. The highest BCUT2D eigenvalue weighted by molar-refractivity contribution is 7.78. The summed E-state index contributed by atoms with van der Waals surface area (Å²) in [6, 6.07) is 0.549. The number of isothiocyanates is 1. The Morgan fingerprint density at radius 1 is 1.55 bits per heavy atom. The first kappa shape index (κ1) is 8.81. The topological polar surface area (TPSA) is 24.8 Å². The molecule has 0 spiro atoms. The maximum absolute atomic E-state index is 5.26. The first-order valence-corrected chi connectivity index (χ1v) is 3.97. The van der Waals surface area contributed by atoms with Crippen LogP contribution in [0, 0.1) is 0 Å². The van der Waals surface area contributed by atoms with E-state index in [4.69, 9.17) is 4.74 Å². The van der Waals surface area contributed by atoms with E-state index in [1.54, 1.807) is 0 Å². The number of nitrogens with zero attached hydrogens (tertiary/aromatic N) is 2. The minimum Gasteiger partial charge on any atom is -0.377 e. The third kappa shape index (κ3) is 2.07. The van der Waals surface area contributed by atoms with Crippen molar-refractivity contribution in [2.75, 3.05) is 27.3 Å². The Kier molecular flexibility index (Phi) is 3.15. The summed E-state index contributed by atoms with van der Waals surface area (Å²) >= 11 is 4.54. The van der Waals surface area contributed by atoms with Crippen LogP contribution in [0.2, 0.25) is 0 Å². The van der Waals surface area contributed by atoms with Crippen LogP contribution in [-0.4, -0.2) is 49.5 Å². The van der Waals surface area contributed by atoms with Gasteiger partial charge in [0.15, 0.2) is 0 Å². The van der Waals surface area contributed by atoms with Gasteiger partial charge in [-0.15, -0.1) is 0 Å². The quantitative estimate of drug-likeness (QED) is 0.446. The average Bonchev–Trinajstić information content (AvgIpc) is 2.36. The highest BCUT2D eigenvalue weighted by atomic mass is 32.1. The van der Waals surface area contributed by atoms with Crippen molar-refractivity contribution in [3.63, 3.8) is 0 Å². The molecule has 1 rings (SSSR count). The Labute approximate surface area is 72.1 Å². The van der Waals surface area contributed by atoms with Crippen molar-refractivity contribution in [3.8, 4) is 0 Å². The summed E-state index contributed by atoms with van der Waals surface area (Å²) in [6.07, 6.45) is 0. The molecule has 0 aromatic rings. The van der Waals surface area contributed by atoms with Crippen LogP contribution < -0.4 is 0 Å². The maximum atomic E-state index is 5.26. The molecule has 1 aliphatic rings. The molecule has 3 nitrogen and oxygen atoms in total. The van der Waals surface area contributed by atoms with E-state index in [0.29, 0.717) is 12.6 Å². The second-order valence-electron chi connectivity index (χ2n) is 2.86. The van der Waals surface area contributed by atoms with Crippen molar-refractivity contribution in [1.29, 1.82) is 0 Å². The molecular weight excluding hydrogens is 160 g/mol. The van der Waals surface area contributed by atoms with Gasteiger partial charge in [0.1, 0.15) is 6.04 Å². The number of rotatable bonds is 2. The zero-order valence-corrected chi connectivity index (χ0v) is 7.60. The Bertz CT molecular complexity index is 177. The second kappa shape index (κ2) is 3.93. The summed E-state index contributed by atoms with van der Waals surface area (Å²) in [5.41, 5.74) is 0. The summed E-state index contributed by atoms with van der Waals surface area (Å²) in [5, 5.41) is 2.40. The van der Waals surface area contributed by atoms with Gasteiger partial charge in [0.05, 0.1) is 24.4 Å². The van der Waals surface area contributed by atoms with Gasteiger partial charge in [-0.05, 0) is 26.3 Å². The molecule has 1 fully saturated rings. The zero-order valence-electron chi connectivity index (χ0n) is 6.78. The molecule has 1 saturated heterocycles. The summed E-state index contributed by atoms with van der Waals surface area (Å²) in [6.45, 7) is 1.42. The number of ether oxygens (including phenoxy) is 1. The average molecular weight is 172 g/mol. The highest BCUT2D eigenvalue weighted by Gasteiger charge is 2.28. The number of thiocarbonyl (C=S) groups is 1. The number of hydrogen-bond donors (Lipinski definition) is 0. The zero-order chi connectivity index (χ0) is 8.27. The van der Waals surface area contributed by atoms with E-state index >= 15 is 0 Å². The molecule has 0 radical (unpaired) electrons. The predicted octanol–water partition coefficient (Wildman–Crippen LogP) is 0.418. The van der Waals surface area contributed by atoms with Crippen molar-refractivity contribution in [2.24, 2.45) is 4.99 Å². The molecule has 0 unspecified atom stereocenters. The van der Waals surface area contributed by atoms with E-state index in [9.17, 15) is 0 Å². The van der Waals surface area contributed by atoms with Crippen LogP contribution in [0.25, 0.3) is 0 Å². The molecule has 11 heavy (non-hydrogen) atoms. The van der Waals surface area contributed by atoms with Crippen molar-refractivity contribution in [3.05, 3.63) is 0 Å². The van der Waals surface area contributed by atoms with E-state index in [0.717, 1.165) is 6.61 Å². The molecule has 1 heterocycles. The molecule has 4 heteroatoms. The molecule has 0 bridgehead atoms. The molecule has 0 saturated carbocycles. The van der Waals surface area contributed by atoms with Crippen LogP contribution in [0.3, 0.4) is 0 Å². The van der Waals surface area contributed by atoms with Gasteiger partial charge in [-0.25, -0.2) is 4.99 Å². The maximum Gasteiger partial charge on any atom is 0.101 e. The van der Waals surface area contributed by atoms with E-state index in [-0.39, 0.29) is 6.04 Å². The Morgan fingerprint density at radius 3 is 2.82 bits per heavy atom. The van der Waals surface area contributed by atoms with Gasteiger partial charge >= 0.3 is 0 Å². The van der Waals surface area contributed by atoms with Crippen LogP contribution in [-0.2, 0) is 4.74 Å². The number of likely N-dealkylation sites (N-methyl/N-ethyl adjacent to an activating group) is 1. The number of aliphatic imine (C=N–C) groups is 1. The molecular formula is C7H12N2OS. The standard InChI is InChI=1S/C7H12N2OS/c1-9(2)7-4-10-3-6(7)8-5-11/h6-7H,3-4H2,1-2H3/t6-,7-/m1/s1. The van der Waals surface area contributed by atoms with E-state index in [1.807, 2.05) is 14.1 Å². The molecule has 0 aromatic carbocycles. The normalized spacial score (nSPS) is 30.5. The molecule has 0 aromatic heterocycles. The van der Waals surface area contributed by atoms with Gasteiger partial charge in [0, 0.05) is 0 Å². The fourth-order valence-corrected chi connectivity index (χ4v) is 1.35. The minimum absolute atomic E-state index is 0.183. The van der Waals surface area contributed by atoms with E-state index < -0.39 is 0 Å². The molecule has 2 atom stereocenters. The van der Waals surface area contributed by atoms with Crippen LogP contribution >= 0.6 is 12.2 Å². The molecule has 0 amide bonds. The van der Waals surface area contributed by atoms with Crippen LogP contribution in [0.4, 0.5) is 0 Å². The van der Waals surface area contributed by atoms with Gasteiger partial charge in [-0.3, -0.25) is 0 Å². The Balaban J connectivity index is 2.57. The largest absolute Gasteiger partial charge is 0.377 e. The third-order valence-corrected chi connectivity index (χ3v) is 2.01. The number of hydrogen-bond acceptors (Lipinski definition) is 4. The SMILES string of the molecule is CN(C)[C@@H]1COC[C@H]1N=C=S. The monoisotopic (exact) mass is 172 g/mol. The van der Waals surface area contributed by atoms with Gasteiger partial charge in [-0.2, -0.15) is 0 Å². The Morgan fingerprint density at radius 2 is 2.27 bits per heavy atom. The lowest BCUT2D eigenvalue weighted by Crippen LogP contribution is -2.36. The summed E-state index contributed by atoms with van der Waals surface area (Å²) < 4.78 is 5.26. The van der Waals surface area contributed by atoms with Gasteiger partial charge < -0.3 is 9.64 Å². The second-order valence-corrected chi connectivity index (χ2v) is 3.04. The van der Waals surface area contributed by atoms with Crippen LogP contribution in [0.15, 0.2) is 4.99 Å². The van der Waals surface area contributed by atoms with Crippen molar-refractivity contribution >= 4 is 17.4 Å². The highest BCUT2D eigenvalue weighted by Crippen LogP contribution is 2.12. The van der Waals surface area contributed by atoms with Crippen molar-refractivity contribution < 1.29 is 4.74 Å². The van der Waals surface area contributed by atoms with Gasteiger partial charge in [0.25, 0.3) is 0 Å². The summed E-state index contributed by atoms with van der Waals surface area (Å²) in [7, 11) is 4.04. The first-order valence-electron chi connectivity index (χ1n) is 3.57.